The molecule has 2 aliphatic rings. The van der Waals surface area contributed by atoms with E-state index in [1.807, 2.05) is 20.8 Å². The lowest BCUT2D eigenvalue weighted by Gasteiger charge is -2.49. The van der Waals surface area contributed by atoms with E-state index in [0.717, 1.165) is 5.56 Å². The number of nitrogens with zero attached hydrogens (tertiary/aromatic N) is 1. The summed E-state index contributed by atoms with van der Waals surface area (Å²) in [6.45, 7) is 6.36. The zero-order valence-electron chi connectivity index (χ0n) is 12.5. The number of ether oxygens (including phenoxy) is 1. The van der Waals surface area contributed by atoms with Gasteiger partial charge in [0.25, 0.3) is 0 Å². The highest BCUT2D eigenvalue weighted by molar-refractivity contribution is 5.70. The Hall–Kier alpha value is -1.62. The average molecular weight is 293 g/mol. The maximum Gasteiger partial charge on any atom is 0.410 e. The number of carbonyl (C=O) groups is 1. The second-order valence-corrected chi connectivity index (χ2v) is 7.12. The lowest BCUT2D eigenvalue weighted by molar-refractivity contribution is -0.0860. The van der Waals surface area contributed by atoms with Gasteiger partial charge in [-0.05, 0) is 50.5 Å². The van der Waals surface area contributed by atoms with Crippen molar-refractivity contribution in [1.29, 1.82) is 0 Å². The molecule has 0 saturated carbocycles. The summed E-state index contributed by atoms with van der Waals surface area (Å²) in [6.07, 6.45) is -0.410. The maximum absolute atomic E-state index is 13.3. The molecule has 1 N–H and O–H groups in total. The van der Waals surface area contributed by atoms with Crippen LogP contribution in [0.1, 0.15) is 38.0 Å². The average Bonchev–Trinajstić information content (AvgIpc) is 2.59. The Balaban J connectivity index is 1.70. The van der Waals surface area contributed by atoms with Crippen molar-refractivity contribution in [2.45, 2.75) is 38.9 Å². The van der Waals surface area contributed by atoms with Crippen LogP contribution in [0.2, 0.25) is 0 Å². The first kappa shape index (κ1) is 14.3. The molecule has 5 heteroatoms. The van der Waals surface area contributed by atoms with E-state index in [0.29, 0.717) is 25.1 Å². The molecule has 1 aliphatic heterocycles. The number of halogens is 1. The van der Waals surface area contributed by atoms with Crippen molar-refractivity contribution in [3.8, 4) is 0 Å². The lowest BCUT2D eigenvalue weighted by Crippen LogP contribution is -2.61. The quantitative estimate of drug-likeness (QED) is 0.800. The molecule has 3 rings (SSSR count). The second kappa shape index (κ2) is 4.44. The number of carbonyl (C=O) groups excluding carboxylic acids is 1. The summed E-state index contributed by atoms with van der Waals surface area (Å²) < 4.78 is 18.6. The lowest BCUT2D eigenvalue weighted by atomic mass is 9.75. The van der Waals surface area contributed by atoms with Gasteiger partial charge in [-0.25, -0.2) is 9.18 Å². The molecule has 1 amide bonds. The van der Waals surface area contributed by atoms with Crippen LogP contribution < -0.4 is 0 Å². The van der Waals surface area contributed by atoms with Gasteiger partial charge in [-0.1, -0.05) is 6.07 Å². The third kappa shape index (κ3) is 2.39. The summed E-state index contributed by atoms with van der Waals surface area (Å²) in [5.41, 5.74) is 0.708. The molecule has 0 aromatic heterocycles. The fourth-order valence-corrected chi connectivity index (χ4v) is 3.24. The van der Waals surface area contributed by atoms with E-state index in [-0.39, 0.29) is 17.3 Å². The van der Waals surface area contributed by atoms with Gasteiger partial charge in [0, 0.05) is 18.5 Å². The minimum atomic E-state index is -0.720. The predicted molar refractivity (Wildman–Crippen MR) is 75.3 cm³/mol. The molecule has 1 saturated heterocycles. The van der Waals surface area contributed by atoms with Gasteiger partial charge in [0.05, 0.1) is 6.10 Å². The Morgan fingerprint density at radius 2 is 2.10 bits per heavy atom. The maximum atomic E-state index is 13.3. The first-order valence-electron chi connectivity index (χ1n) is 7.15. The molecule has 1 aliphatic carbocycles. The van der Waals surface area contributed by atoms with Crippen LogP contribution in [-0.4, -0.2) is 34.8 Å². The van der Waals surface area contributed by atoms with Crippen LogP contribution in [-0.2, 0) is 11.2 Å². The van der Waals surface area contributed by atoms with Crippen molar-refractivity contribution in [2.75, 3.05) is 13.1 Å². The van der Waals surface area contributed by atoms with Gasteiger partial charge in [0.2, 0.25) is 0 Å². The Morgan fingerprint density at radius 3 is 2.71 bits per heavy atom. The molecule has 1 aromatic carbocycles. The third-order valence-electron chi connectivity index (χ3n) is 4.19. The molecular formula is C16H20FNO3. The highest BCUT2D eigenvalue weighted by Crippen LogP contribution is 2.51. The van der Waals surface area contributed by atoms with E-state index >= 15 is 0 Å². The number of fused-ring (bicyclic) bond motifs is 1. The van der Waals surface area contributed by atoms with Crippen LogP contribution in [0.4, 0.5) is 9.18 Å². The van der Waals surface area contributed by atoms with Gasteiger partial charge in [0.15, 0.2) is 0 Å². The summed E-state index contributed by atoms with van der Waals surface area (Å²) in [7, 11) is 0. The van der Waals surface area contributed by atoms with Crippen LogP contribution in [0, 0.1) is 11.2 Å². The molecule has 0 unspecified atom stereocenters. The fourth-order valence-electron chi connectivity index (χ4n) is 3.24. The number of aliphatic hydroxyl groups excluding tert-OH is 1. The number of hydrogen-bond acceptors (Lipinski definition) is 3. The summed E-state index contributed by atoms with van der Waals surface area (Å²) in [6, 6.07) is 4.53. The summed E-state index contributed by atoms with van der Waals surface area (Å²) in [5, 5.41) is 10.5. The van der Waals surface area contributed by atoms with Gasteiger partial charge >= 0.3 is 6.09 Å². The Kier molecular flexibility index (Phi) is 3.03. The van der Waals surface area contributed by atoms with E-state index in [2.05, 4.69) is 0 Å². The highest BCUT2D eigenvalue weighted by atomic mass is 19.1. The Bertz CT molecular complexity index is 588. The molecule has 0 bridgehead atoms. The zero-order chi connectivity index (χ0) is 15.4. The molecule has 4 nitrogen and oxygen atoms in total. The number of benzene rings is 1. The smallest absolute Gasteiger partial charge is 0.410 e. The van der Waals surface area contributed by atoms with Gasteiger partial charge in [-0.3, -0.25) is 0 Å². The third-order valence-corrected chi connectivity index (χ3v) is 4.19. The largest absolute Gasteiger partial charge is 0.444 e. The summed E-state index contributed by atoms with van der Waals surface area (Å²) in [5.74, 6) is -0.340. The normalized spacial score (nSPS) is 22.9. The highest BCUT2D eigenvalue weighted by Gasteiger charge is 2.55. The van der Waals surface area contributed by atoms with E-state index < -0.39 is 11.7 Å². The summed E-state index contributed by atoms with van der Waals surface area (Å²) in [4.78, 5) is 13.6. The van der Waals surface area contributed by atoms with E-state index in [1.54, 1.807) is 11.0 Å². The van der Waals surface area contributed by atoms with E-state index in [4.69, 9.17) is 4.74 Å². The van der Waals surface area contributed by atoms with Crippen LogP contribution in [0.3, 0.4) is 0 Å². The van der Waals surface area contributed by atoms with Crippen molar-refractivity contribution in [3.05, 3.63) is 35.1 Å². The second-order valence-electron chi connectivity index (χ2n) is 7.12. The molecule has 114 valence electrons. The topological polar surface area (TPSA) is 49.8 Å². The van der Waals surface area contributed by atoms with Gasteiger partial charge in [0.1, 0.15) is 11.4 Å². The number of hydrogen-bond donors (Lipinski definition) is 1. The fraction of sp³-hybridized carbons (Fsp3) is 0.562. The van der Waals surface area contributed by atoms with Crippen molar-refractivity contribution in [2.24, 2.45) is 5.41 Å². The molecule has 1 atom stereocenters. The Labute approximate surface area is 123 Å². The minimum absolute atomic E-state index is 0.340. The van der Waals surface area contributed by atoms with Crippen molar-refractivity contribution < 1.29 is 19.0 Å². The molecule has 1 fully saturated rings. The van der Waals surface area contributed by atoms with Crippen molar-refractivity contribution >= 4 is 6.09 Å². The predicted octanol–water partition coefficient (Wildman–Crippen LogP) is 2.65. The molecule has 1 heterocycles. The Morgan fingerprint density at radius 1 is 1.43 bits per heavy atom. The first-order valence-corrected chi connectivity index (χ1v) is 7.15. The van der Waals surface area contributed by atoms with Crippen molar-refractivity contribution in [3.63, 3.8) is 0 Å². The van der Waals surface area contributed by atoms with Crippen LogP contribution in [0.25, 0.3) is 0 Å². The molecule has 21 heavy (non-hydrogen) atoms. The van der Waals surface area contributed by atoms with Crippen molar-refractivity contribution in [1.82, 2.24) is 4.90 Å². The SMILES string of the molecule is CC(C)(C)OC(=O)N1CC2(Cc3ccc(F)cc3[C@H]2O)C1. The van der Waals surface area contributed by atoms with Gasteiger partial charge < -0.3 is 14.7 Å². The molecule has 1 aromatic rings. The number of likely N-dealkylation sites (tertiary alicyclic amines) is 1. The van der Waals surface area contributed by atoms with E-state index in [1.165, 1.54) is 12.1 Å². The zero-order valence-corrected chi connectivity index (χ0v) is 12.5. The van der Waals surface area contributed by atoms with E-state index in [9.17, 15) is 14.3 Å². The number of rotatable bonds is 0. The van der Waals surface area contributed by atoms with Crippen LogP contribution in [0.5, 0.6) is 0 Å². The molecule has 0 radical (unpaired) electrons. The van der Waals surface area contributed by atoms with Crippen LogP contribution in [0.15, 0.2) is 18.2 Å². The standard InChI is InChI=1S/C16H20FNO3/c1-15(2,3)21-14(20)18-8-16(9-18)7-10-4-5-11(17)6-12(10)13(16)19/h4-6,13,19H,7-9H2,1-3H3/t13-/m1/s1. The van der Waals surface area contributed by atoms with Gasteiger partial charge in [-0.2, -0.15) is 0 Å². The summed E-state index contributed by atoms with van der Waals surface area (Å²) >= 11 is 0. The molecular weight excluding hydrogens is 273 g/mol. The van der Waals surface area contributed by atoms with Gasteiger partial charge in [-0.15, -0.1) is 0 Å². The number of amides is 1. The number of aliphatic hydroxyl groups is 1. The monoisotopic (exact) mass is 293 g/mol. The first-order chi connectivity index (χ1) is 9.70. The minimum Gasteiger partial charge on any atom is -0.444 e. The van der Waals surface area contributed by atoms with Crippen LogP contribution >= 0.6 is 0 Å². The molecule has 1 spiro atoms.